The number of hydrogen-bond donors (Lipinski definition) is 1. The number of allylic oxidation sites excluding steroid dienone is 2. The number of benzene rings is 1. The Bertz CT molecular complexity index is 649. The van der Waals surface area contributed by atoms with Gasteiger partial charge in [-0.1, -0.05) is 0 Å². The minimum Gasteiger partial charge on any atom is -0.512 e. The summed E-state index contributed by atoms with van der Waals surface area (Å²) < 4.78 is 0. The van der Waals surface area contributed by atoms with E-state index < -0.39 is 27.0 Å². The molecular weight excluding hydrogens is 268 g/mol. The lowest BCUT2D eigenvalue weighted by Crippen LogP contribution is -2.12. The Morgan fingerprint density at radius 3 is 2.35 bits per heavy atom. The molecule has 0 aliphatic heterocycles. The molecule has 8 nitrogen and oxygen atoms in total. The van der Waals surface area contributed by atoms with E-state index in [9.17, 15) is 30.1 Å². The summed E-state index contributed by atoms with van der Waals surface area (Å²) in [6.45, 7) is 0. The molecular formula is C12H10N2O6. The Balaban J connectivity index is 2.65. The van der Waals surface area contributed by atoms with Crippen molar-refractivity contribution in [2.24, 2.45) is 0 Å². The van der Waals surface area contributed by atoms with Crippen LogP contribution in [0.1, 0.15) is 24.8 Å². The number of rotatable bonds is 3. The van der Waals surface area contributed by atoms with Crippen LogP contribution < -0.4 is 0 Å². The van der Waals surface area contributed by atoms with E-state index in [-0.39, 0.29) is 29.7 Å². The van der Waals surface area contributed by atoms with Gasteiger partial charge in [0, 0.05) is 18.9 Å². The summed E-state index contributed by atoms with van der Waals surface area (Å²) in [5, 5.41) is 31.4. The third-order valence-corrected chi connectivity index (χ3v) is 3.04. The van der Waals surface area contributed by atoms with Crippen LogP contribution in [0.25, 0.3) is 5.57 Å². The first-order chi connectivity index (χ1) is 9.41. The van der Waals surface area contributed by atoms with E-state index in [4.69, 9.17) is 0 Å². The van der Waals surface area contributed by atoms with Gasteiger partial charge in [-0.05, 0) is 12.5 Å². The summed E-state index contributed by atoms with van der Waals surface area (Å²) >= 11 is 0. The van der Waals surface area contributed by atoms with Crippen molar-refractivity contribution in [3.8, 4) is 0 Å². The zero-order chi connectivity index (χ0) is 14.9. The minimum absolute atomic E-state index is 0.0807. The Labute approximate surface area is 112 Å². The second kappa shape index (κ2) is 5.08. The number of nitro benzene ring substituents is 2. The average molecular weight is 278 g/mol. The molecule has 0 radical (unpaired) electrons. The molecule has 0 fully saturated rings. The maximum absolute atomic E-state index is 11.8. The Hall–Kier alpha value is -2.77. The molecule has 0 saturated heterocycles. The van der Waals surface area contributed by atoms with Gasteiger partial charge in [0.15, 0.2) is 5.78 Å². The number of ketones is 1. The average Bonchev–Trinajstić information content (AvgIpc) is 2.38. The van der Waals surface area contributed by atoms with E-state index in [1.807, 2.05) is 0 Å². The van der Waals surface area contributed by atoms with Gasteiger partial charge >= 0.3 is 0 Å². The molecule has 0 amide bonds. The Morgan fingerprint density at radius 2 is 1.80 bits per heavy atom. The van der Waals surface area contributed by atoms with Gasteiger partial charge < -0.3 is 5.11 Å². The van der Waals surface area contributed by atoms with Crippen molar-refractivity contribution in [2.75, 3.05) is 0 Å². The van der Waals surface area contributed by atoms with Gasteiger partial charge in [-0.2, -0.15) is 0 Å². The number of nitrogens with zero attached hydrogens (tertiary/aromatic N) is 2. The van der Waals surface area contributed by atoms with Crippen molar-refractivity contribution in [3.63, 3.8) is 0 Å². The van der Waals surface area contributed by atoms with Gasteiger partial charge in [0.2, 0.25) is 0 Å². The molecule has 1 aliphatic rings. The van der Waals surface area contributed by atoms with Crippen LogP contribution in [0.2, 0.25) is 0 Å². The molecule has 20 heavy (non-hydrogen) atoms. The Kier molecular flexibility index (Phi) is 3.47. The predicted octanol–water partition coefficient (Wildman–Crippen LogP) is 2.53. The molecule has 0 bridgehead atoms. The van der Waals surface area contributed by atoms with Gasteiger partial charge in [-0.25, -0.2) is 0 Å². The SMILES string of the molecule is O=C1CCCC(O)=C1c1ccc([N+](=O)[O-])cc1[N+](=O)[O-]. The summed E-state index contributed by atoms with van der Waals surface area (Å²) in [4.78, 5) is 31.9. The van der Waals surface area contributed by atoms with E-state index in [0.717, 1.165) is 18.2 Å². The second-order valence-electron chi connectivity index (χ2n) is 4.31. The predicted molar refractivity (Wildman–Crippen MR) is 68.2 cm³/mol. The zero-order valence-corrected chi connectivity index (χ0v) is 10.2. The van der Waals surface area contributed by atoms with Crippen LogP contribution in [-0.4, -0.2) is 20.7 Å². The molecule has 1 N–H and O–H groups in total. The van der Waals surface area contributed by atoms with E-state index in [1.54, 1.807) is 0 Å². The third kappa shape index (κ3) is 2.35. The van der Waals surface area contributed by atoms with Crippen molar-refractivity contribution in [1.82, 2.24) is 0 Å². The fourth-order valence-electron chi connectivity index (χ4n) is 2.13. The normalized spacial score (nSPS) is 15.3. The summed E-state index contributed by atoms with van der Waals surface area (Å²) in [5.74, 6) is -0.607. The molecule has 0 saturated carbocycles. The van der Waals surface area contributed by atoms with E-state index in [2.05, 4.69) is 0 Å². The standard InChI is InChI=1S/C12H10N2O6/c15-10-2-1-3-11(16)12(10)8-5-4-7(13(17)18)6-9(8)14(19)20/h4-6,15H,1-3H2. The molecule has 0 aromatic heterocycles. The first-order valence-corrected chi connectivity index (χ1v) is 5.80. The van der Waals surface area contributed by atoms with Crippen molar-refractivity contribution in [2.45, 2.75) is 19.3 Å². The first-order valence-electron chi connectivity index (χ1n) is 5.80. The first kappa shape index (κ1) is 13.7. The quantitative estimate of drug-likeness (QED) is 0.669. The van der Waals surface area contributed by atoms with Crippen LogP contribution in [0.5, 0.6) is 0 Å². The minimum atomic E-state index is -0.801. The molecule has 0 unspecified atom stereocenters. The third-order valence-electron chi connectivity index (χ3n) is 3.04. The lowest BCUT2D eigenvalue weighted by Gasteiger charge is -2.15. The van der Waals surface area contributed by atoms with Crippen LogP contribution in [-0.2, 0) is 4.79 Å². The highest BCUT2D eigenvalue weighted by Crippen LogP contribution is 2.35. The van der Waals surface area contributed by atoms with E-state index in [0.29, 0.717) is 6.42 Å². The lowest BCUT2D eigenvalue weighted by molar-refractivity contribution is -0.394. The molecule has 104 valence electrons. The van der Waals surface area contributed by atoms with Crippen LogP contribution >= 0.6 is 0 Å². The van der Waals surface area contributed by atoms with Crippen LogP contribution in [0.15, 0.2) is 24.0 Å². The van der Waals surface area contributed by atoms with Crippen LogP contribution in [0.4, 0.5) is 11.4 Å². The van der Waals surface area contributed by atoms with Crippen molar-refractivity contribution < 1.29 is 19.7 Å². The van der Waals surface area contributed by atoms with Crippen LogP contribution in [0, 0.1) is 20.2 Å². The van der Waals surface area contributed by atoms with Gasteiger partial charge in [-0.3, -0.25) is 25.0 Å². The van der Waals surface area contributed by atoms with Gasteiger partial charge in [0.25, 0.3) is 11.4 Å². The summed E-state index contributed by atoms with van der Waals surface area (Å²) in [5.41, 5.74) is -1.19. The zero-order valence-electron chi connectivity index (χ0n) is 10.2. The van der Waals surface area contributed by atoms with Gasteiger partial charge in [0.05, 0.1) is 27.0 Å². The number of aliphatic hydroxyl groups excluding tert-OH is 1. The van der Waals surface area contributed by atoms with Crippen molar-refractivity contribution in [3.05, 3.63) is 49.8 Å². The molecule has 1 aliphatic carbocycles. The summed E-state index contributed by atoms with van der Waals surface area (Å²) in [6.07, 6.45) is 0.928. The second-order valence-corrected chi connectivity index (χ2v) is 4.31. The fraction of sp³-hybridized carbons (Fsp3) is 0.250. The molecule has 8 heteroatoms. The maximum Gasteiger partial charge on any atom is 0.284 e. The van der Waals surface area contributed by atoms with Gasteiger partial charge in [0.1, 0.15) is 5.76 Å². The fourth-order valence-corrected chi connectivity index (χ4v) is 2.13. The largest absolute Gasteiger partial charge is 0.512 e. The van der Waals surface area contributed by atoms with Gasteiger partial charge in [-0.15, -0.1) is 0 Å². The molecule has 1 aromatic rings. The number of nitro groups is 2. The lowest BCUT2D eigenvalue weighted by atomic mass is 9.90. The molecule has 2 rings (SSSR count). The van der Waals surface area contributed by atoms with E-state index in [1.165, 1.54) is 0 Å². The van der Waals surface area contributed by atoms with Crippen LogP contribution in [0.3, 0.4) is 0 Å². The number of hydrogen-bond acceptors (Lipinski definition) is 6. The monoisotopic (exact) mass is 278 g/mol. The summed E-state index contributed by atoms with van der Waals surface area (Å²) in [7, 11) is 0. The van der Waals surface area contributed by atoms with Crippen molar-refractivity contribution >= 4 is 22.7 Å². The summed E-state index contributed by atoms with van der Waals surface area (Å²) in [6, 6.07) is 2.99. The van der Waals surface area contributed by atoms with Crippen molar-refractivity contribution in [1.29, 1.82) is 0 Å². The molecule has 0 heterocycles. The number of non-ortho nitro benzene ring substituents is 1. The number of carbonyl (C=O) groups excluding carboxylic acids is 1. The number of Topliss-reactive ketones (excluding diaryl/α,β-unsaturated/α-hetero) is 1. The maximum atomic E-state index is 11.8. The topological polar surface area (TPSA) is 124 Å². The van der Waals surface area contributed by atoms with E-state index >= 15 is 0 Å². The molecule has 0 atom stereocenters. The molecule has 0 spiro atoms. The number of aliphatic hydroxyl groups is 1. The highest BCUT2D eigenvalue weighted by Gasteiger charge is 2.29. The highest BCUT2D eigenvalue weighted by molar-refractivity contribution is 6.22. The number of carbonyl (C=O) groups is 1. The molecule has 1 aromatic carbocycles. The Morgan fingerprint density at radius 1 is 1.10 bits per heavy atom. The highest BCUT2D eigenvalue weighted by atomic mass is 16.6. The smallest absolute Gasteiger partial charge is 0.284 e.